The molecule has 44 heavy (non-hydrogen) atoms. The minimum absolute atomic E-state index is 0.0171. The first-order valence-corrected chi connectivity index (χ1v) is 15.9. The SMILES string of the molecule is COC1C(OC(=O)N[C@@H](COC(=O)NCCCCCCNC(=O)CNF)C(C)C)CC[C@]2(CO2)C1C(CC=C(C)C)[C@@H](C)O. The summed E-state index contributed by atoms with van der Waals surface area (Å²) in [6.07, 6.45) is 4.54. The Labute approximate surface area is 261 Å². The summed E-state index contributed by atoms with van der Waals surface area (Å²) in [5.74, 6) is -0.686. The third-order valence-corrected chi connectivity index (χ3v) is 8.53. The lowest BCUT2D eigenvalue weighted by molar-refractivity contribution is -0.128. The van der Waals surface area contributed by atoms with Crippen LogP contribution in [0.1, 0.15) is 79.6 Å². The number of hydrogen-bond donors (Lipinski definition) is 5. The molecule has 12 nitrogen and oxygen atoms in total. The molecule has 0 radical (unpaired) electrons. The first-order valence-electron chi connectivity index (χ1n) is 15.9. The Morgan fingerprint density at radius 1 is 1.07 bits per heavy atom. The fraction of sp³-hybridized carbons (Fsp3) is 0.839. The van der Waals surface area contributed by atoms with Crippen LogP contribution >= 0.6 is 0 Å². The molecule has 3 amide bonds. The normalized spacial score (nSPS) is 24.6. The maximum absolute atomic E-state index is 13.0. The van der Waals surface area contributed by atoms with Crippen LogP contribution in [0.2, 0.25) is 0 Å². The van der Waals surface area contributed by atoms with Gasteiger partial charge >= 0.3 is 12.2 Å². The molecule has 7 atom stereocenters. The number of methoxy groups -OCH3 is 1. The summed E-state index contributed by atoms with van der Waals surface area (Å²) in [4.78, 5) is 36.4. The first kappa shape index (κ1) is 37.7. The molecule has 1 saturated heterocycles. The Bertz CT molecular complexity index is 926. The predicted octanol–water partition coefficient (Wildman–Crippen LogP) is 3.53. The summed E-state index contributed by atoms with van der Waals surface area (Å²) in [6.45, 7) is 10.8. The van der Waals surface area contributed by atoms with Crippen molar-refractivity contribution in [3.8, 4) is 0 Å². The van der Waals surface area contributed by atoms with E-state index in [1.54, 1.807) is 14.0 Å². The van der Waals surface area contributed by atoms with E-state index < -0.39 is 36.5 Å². The number of alkyl carbamates (subject to hydrolysis) is 2. The van der Waals surface area contributed by atoms with Crippen molar-refractivity contribution in [2.24, 2.45) is 17.8 Å². The summed E-state index contributed by atoms with van der Waals surface area (Å²) in [5, 5.41) is 18.9. The van der Waals surface area contributed by atoms with E-state index in [4.69, 9.17) is 18.9 Å². The zero-order valence-corrected chi connectivity index (χ0v) is 27.3. The molecular formula is C31H55FN4O8. The maximum atomic E-state index is 13.0. The number of carbonyl (C=O) groups excluding carboxylic acids is 3. The molecule has 2 aliphatic rings. The number of aliphatic hydroxyl groups excluding tert-OH is 1. The Morgan fingerprint density at radius 2 is 1.73 bits per heavy atom. The van der Waals surface area contributed by atoms with E-state index in [1.807, 2.05) is 27.7 Å². The van der Waals surface area contributed by atoms with E-state index in [-0.39, 0.29) is 42.4 Å². The van der Waals surface area contributed by atoms with Crippen molar-refractivity contribution in [2.75, 3.05) is 40.0 Å². The molecule has 4 unspecified atom stereocenters. The van der Waals surface area contributed by atoms with E-state index >= 15 is 0 Å². The number of aliphatic hydroxyl groups is 1. The third-order valence-electron chi connectivity index (χ3n) is 8.53. The number of amides is 3. The maximum Gasteiger partial charge on any atom is 0.407 e. The molecule has 1 spiro atoms. The van der Waals surface area contributed by atoms with E-state index in [9.17, 15) is 24.0 Å². The van der Waals surface area contributed by atoms with E-state index in [0.717, 1.165) is 25.7 Å². The van der Waals surface area contributed by atoms with Gasteiger partial charge in [0.25, 0.3) is 0 Å². The van der Waals surface area contributed by atoms with Gasteiger partial charge in [-0.1, -0.05) is 38.3 Å². The molecule has 0 bridgehead atoms. The van der Waals surface area contributed by atoms with E-state index in [1.165, 1.54) is 11.1 Å². The van der Waals surface area contributed by atoms with Crippen molar-refractivity contribution < 1.29 is 42.9 Å². The van der Waals surface area contributed by atoms with Crippen molar-refractivity contribution in [2.45, 2.75) is 110 Å². The lowest BCUT2D eigenvalue weighted by Gasteiger charge is -2.45. The summed E-state index contributed by atoms with van der Waals surface area (Å²) in [5.41, 5.74) is 2.10. The summed E-state index contributed by atoms with van der Waals surface area (Å²) < 4.78 is 35.0. The molecule has 2 rings (SSSR count). The fourth-order valence-electron chi connectivity index (χ4n) is 5.84. The van der Waals surface area contributed by atoms with Gasteiger partial charge in [0, 0.05) is 26.1 Å². The molecular weight excluding hydrogens is 575 g/mol. The first-order chi connectivity index (χ1) is 20.9. The molecule has 0 aromatic rings. The van der Waals surface area contributed by atoms with Crippen molar-refractivity contribution in [1.29, 1.82) is 0 Å². The number of allylic oxidation sites excluding steroid dienone is 2. The van der Waals surface area contributed by atoms with Crippen molar-refractivity contribution in [1.82, 2.24) is 21.5 Å². The number of nitrogens with one attached hydrogen (secondary N) is 4. The van der Waals surface area contributed by atoms with Gasteiger partial charge in [-0.25, -0.2) is 9.59 Å². The van der Waals surface area contributed by atoms with Crippen LogP contribution in [-0.2, 0) is 23.7 Å². The van der Waals surface area contributed by atoms with E-state index in [0.29, 0.717) is 39.0 Å². The average Bonchev–Trinajstić information content (AvgIpc) is 3.73. The van der Waals surface area contributed by atoms with Crippen LogP contribution in [0.3, 0.4) is 0 Å². The topological polar surface area (TPSA) is 160 Å². The highest BCUT2D eigenvalue weighted by Gasteiger charge is 2.62. The van der Waals surface area contributed by atoms with Gasteiger partial charge in [-0.2, -0.15) is 0 Å². The van der Waals surface area contributed by atoms with E-state index in [2.05, 4.69) is 22.0 Å². The van der Waals surface area contributed by atoms with Crippen LogP contribution in [0.15, 0.2) is 11.6 Å². The number of unbranched alkanes of at least 4 members (excludes halogenated alkanes) is 3. The van der Waals surface area contributed by atoms with Gasteiger partial charge in [0.1, 0.15) is 25.4 Å². The Hall–Kier alpha value is -2.48. The monoisotopic (exact) mass is 630 g/mol. The van der Waals surface area contributed by atoms with Gasteiger partial charge in [0.05, 0.1) is 24.4 Å². The molecule has 1 heterocycles. The van der Waals surface area contributed by atoms with Crippen LogP contribution in [0.5, 0.6) is 0 Å². The van der Waals surface area contributed by atoms with Gasteiger partial charge < -0.3 is 40.0 Å². The van der Waals surface area contributed by atoms with Crippen LogP contribution in [-0.4, -0.2) is 93.1 Å². The summed E-state index contributed by atoms with van der Waals surface area (Å²) in [7, 11) is 1.60. The second-order valence-electron chi connectivity index (χ2n) is 12.6. The number of epoxide rings is 1. The highest BCUT2D eigenvalue weighted by Crippen LogP contribution is 2.52. The van der Waals surface area contributed by atoms with Crippen molar-refractivity contribution in [3.63, 3.8) is 0 Å². The Balaban J connectivity index is 1.81. The van der Waals surface area contributed by atoms with Gasteiger partial charge in [0.2, 0.25) is 5.91 Å². The van der Waals surface area contributed by atoms with Crippen LogP contribution in [0.4, 0.5) is 14.1 Å². The van der Waals surface area contributed by atoms with Crippen LogP contribution < -0.4 is 21.5 Å². The van der Waals surface area contributed by atoms with Crippen molar-refractivity contribution in [3.05, 3.63) is 11.6 Å². The highest BCUT2D eigenvalue weighted by atomic mass is 19.2. The minimum atomic E-state index is -0.610. The second kappa shape index (κ2) is 19.1. The summed E-state index contributed by atoms with van der Waals surface area (Å²) >= 11 is 0. The largest absolute Gasteiger partial charge is 0.447 e. The molecule has 13 heteroatoms. The fourth-order valence-corrected chi connectivity index (χ4v) is 5.84. The molecule has 254 valence electrons. The second-order valence-corrected chi connectivity index (χ2v) is 12.6. The van der Waals surface area contributed by atoms with Crippen molar-refractivity contribution >= 4 is 18.1 Å². The standard InChI is InChI=1S/C31H55FN4O8/c1-20(2)11-12-23(22(5)37)27-28(41-6)25(13-14-31(27)19-43-31)44-30(40)36-24(21(3)4)18-42-29(39)34-16-10-8-7-9-15-33-26(38)17-35-32/h11,21-25,27-28,35,37H,7-10,12-19H2,1-6H3,(H,33,38)(H,34,39)(H,36,40)/t22-,23?,24+,25?,27?,28?,31+/m1/s1. The Morgan fingerprint density at radius 3 is 2.27 bits per heavy atom. The molecule has 1 aliphatic carbocycles. The predicted molar refractivity (Wildman–Crippen MR) is 163 cm³/mol. The summed E-state index contributed by atoms with van der Waals surface area (Å²) in [6, 6.07) is -0.461. The number of carbonyl (C=O) groups is 3. The van der Waals surface area contributed by atoms with Gasteiger partial charge in [0.15, 0.2) is 0 Å². The Kier molecular flexibility index (Phi) is 16.4. The molecule has 5 N–H and O–H groups in total. The van der Waals surface area contributed by atoms with Gasteiger partial charge in [-0.3, -0.25) is 4.79 Å². The quantitative estimate of drug-likeness (QED) is 0.0623. The lowest BCUT2D eigenvalue weighted by Crippen LogP contribution is -2.55. The van der Waals surface area contributed by atoms with Crippen LogP contribution in [0, 0.1) is 17.8 Å². The molecule has 0 aromatic heterocycles. The zero-order valence-electron chi connectivity index (χ0n) is 27.3. The van der Waals surface area contributed by atoms with Gasteiger partial charge in [-0.15, -0.1) is 10.0 Å². The molecule has 2 fully saturated rings. The highest BCUT2D eigenvalue weighted by molar-refractivity contribution is 5.77. The smallest absolute Gasteiger partial charge is 0.407 e. The molecule has 1 aliphatic heterocycles. The molecule has 1 saturated carbocycles. The number of rotatable bonds is 19. The number of halogens is 1. The zero-order chi connectivity index (χ0) is 32.7. The number of hydrogen-bond acceptors (Lipinski definition) is 9. The minimum Gasteiger partial charge on any atom is -0.447 e. The van der Waals surface area contributed by atoms with Gasteiger partial charge in [-0.05, 0) is 64.7 Å². The molecule has 0 aromatic carbocycles. The van der Waals surface area contributed by atoms with Crippen LogP contribution in [0.25, 0.3) is 0 Å². The number of ether oxygens (including phenoxy) is 4. The third kappa shape index (κ3) is 12.5. The average molecular weight is 631 g/mol. The lowest BCUT2D eigenvalue weighted by atomic mass is 9.67.